The molecule has 2 unspecified atom stereocenters. The van der Waals surface area contributed by atoms with Crippen LogP contribution >= 0.6 is 0 Å². The average Bonchev–Trinajstić information content (AvgIpc) is 3.19. The Morgan fingerprint density at radius 2 is 2.21 bits per heavy atom. The van der Waals surface area contributed by atoms with Gasteiger partial charge < -0.3 is 19.2 Å². The smallest absolute Gasteiger partial charge is 0.127 e. The number of benzene rings is 1. The van der Waals surface area contributed by atoms with Crippen molar-refractivity contribution in [1.82, 2.24) is 10.2 Å². The van der Waals surface area contributed by atoms with Crippen molar-refractivity contribution in [2.45, 2.75) is 32.0 Å². The quantitative estimate of drug-likeness (QED) is 0.846. The van der Waals surface area contributed by atoms with Crippen molar-refractivity contribution in [3.63, 3.8) is 0 Å². The van der Waals surface area contributed by atoms with E-state index in [0.29, 0.717) is 0 Å². The number of rotatable bonds is 7. The summed E-state index contributed by atoms with van der Waals surface area (Å²) in [5.74, 6) is 2.86. The van der Waals surface area contributed by atoms with Crippen LogP contribution in [0.2, 0.25) is 0 Å². The minimum Gasteiger partial charge on any atom is -0.497 e. The van der Waals surface area contributed by atoms with Crippen molar-refractivity contribution >= 4 is 0 Å². The van der Waals surface area contributed by atoms with Gasteiger partial charge in [-0.25, -0.2) is 0 Å². The Balaban J connectivity index is 1.69. The summed E-state index contributed by atoms with van der Waals surface area (Å²) in [6, 6.07) is 8.27. The Bertz CT molecular complexity index is 668. The van der Waals surface area contributed by atoms with E-state index in [0.717, 1.165) is 42.3 Å². The first kappa shape index (κ1) is 16.9. The first-order chi connectivity index (χ1) is 11.6. The van der Waals surface area contributed by atoms with Crippen LogP contribution in [0.4, 0.5) is 0 Å². The molecule has 5 heteroatoms. The molecule has 0 bridgehead atoms. The van der Waals surface area contributed by atoms with E-state index in [9.17, 15) is 0 Å². The van der Waals surface area contributed by atoms with Crippen molar-refractivity contribution < 1.29 is 13.9 Å². The standard InChI is InChI=1S/C19H26N2O3/c1-13-8-14-9-16(22-4)10-15(19(14)24-13)11-20-12-17(21(2)3)18-6-5-7-23-18/h5-7,9-10,13,17,20H,8,11-12H2,1-4H3. The van der Waals surface area contributed by atoms with Crippen molar-refractivity contribution in [1.29, 1.82) is 0 Å². The Kier molecular flexibility index (Phi) is 5.11. The third-order valence-corrected chi connectivity index (χ3v) is 4.43. The molecule has 24 heavy (non-hydrogen) atoms. The highest BCUT2D eigenvalue weighted by atomic mass is 16.5. The third-order valence-electron chi connectivity index (χ3n) is 4.43. The van der Waals surface area contributed by atoms with Gasteiger partial charge >= 0.3 is 0 Å². The molecule has 2 aromatic rings. The van der Waals surface area contributed by atoms with E-state index < -0.39 is 0 Å². The van der Waals surface area contributed by atoms with Gasteiger partial charge in [-0.1, -0.05) is 0 Å². The molecule has 2 heterocycles. The van der Waals surface area contributed by atoms with Crippen LogP contribution in [-0.2, 0) is 13.0 Å². The summed E-state index contributed by atoms with van der Waals surface area (Å²) in [5.41, 5.74) is 2.37. The maximum Gasteiger partial charge on any atom is 0.127 e. The monoisotopic (exact) mass is 330 g/mol. The molecule has 1 aliphatic rings. The highest BCUT2D eigenvalue weighted by Crippen LogP contribution is 2.36. The fourth-order valence-corrected chi connectivity index (χ4v) is 3.19. The third kappa shape index (κ3) is 3.57. The van der Waals surface area contributed by atoms with Gasteiger partial charge in [0.2, 0.25) is 0 Å². The number of fused-ring (bicyclic) bond motifs is 1. The molecule has 0 amide bonds. The van der Waals surface area contributed by atoms with E-state index in [1.807, 2.05) is 12.1 Å². The second kappa shape index (κ2) is 7.28. The van der Waals surface area contributed by atoms with Gasteiger partial charge in [-0.05, 0) is 45.3 Å². The summed E-state index contributed by atoms with van der Waals surface area (Å²) in [4.78, 5) is 2.15. The predicted octanol–water partition coefficient (Wildman–Crippen LogP) is 3.00. The number of methoxy groups -OCH3 is 1. The Hall–Kier alpha value is -1.98. The van der Waals surface area contributed by atoms with Crippen molar-refractivity contribution in [3.8, 4) is 11.5 Å². The normalized spacial score (nSPS) is 17.6. The van der Waals surface area contributed by atoms with Gasteiger partial charge in [-0.2, -0.15) is 0 Å². The summed E-state index contributed by atoms with van der Waals surface area (Å²) < 4.78 is 17.0. The van der Waals surface area contributed by atoms with Crippen LogP contribution in [-0.4, -0.2) is 38.8 Å². The van der Waals surface area contributed by atoms with Crippen LogP contribution in [0.5, 0.6) is 11.5 Å². The van der Waals surface area contributed by atoms with Crippen molar-refractivity contribution in [2.75, 3.05) is 27.7 Å². The van der Waals surface area contributed by atoms with E-state index in [2.05, 4.69) is 43.4 Å². The SMILES string of the molecule is COc1cc(CNCC(c2ccco2)N(C)C)c2c(c1)CC(C)O2. The summed E-state index contributed by atoms with van der Waals surface area (Å²) in [6.07, 6.45) is 2.88. The molecule has 0 fully saturated rings. The van der Waals surface area contributed by atoms with Gasteiger partial charge in [0.15, 0.2) is 0 Å². The lowest BCUT2D eigenvalue weighted by atomic mass is 10.1. The molecule has 1 aromatic heterocycles. The maximum absolute atomic E-state index is 5.99. The largest absolute Gasteiger partial charge is 0.497 e. The van der Waals surface area contributed by atoms with Crippen LogP contribution in [0.25, 0.3) is 0 Å². The average molecular weight is 330 g/mol. The molecule has 0 radical (unpaired) electrons. The topological polar surface area (TPSA) is 46.9 Å². The minimum absolute atomic E-state index is 0.193. The highest BCUT2D eigenvalue weighted by molar-refractivity contribution is 5.49. The first-order valence-corrected chi connectivity index (χ1v) is 8.35. The number of hydrogen-bond acceptors (Lipinski definition) is 5. The zero-order valence-corrected chi connectivity index (χ0v) is 14.8. The maximum atomic E-state index is 5.99. The second-order valence-electron chi connectivity index (χ2n) is 6.53. The second-order valence-corrected chi connectivity index (χ2v) is 6.53. The van der Waals surface area contributed by atoms with Gasteiger partial charge in [-0.15, -0.1) is 0 Å². The number of ether oxygens (including phenoxy) is 2. The molecule has 1 aliphatic heterocycles. The highest BCUT2D eigenvalue weighted by Gasteiger charge is 2.24. The zero-order chi connectivity index (χ0) is 17.1. The van der Waals surface area contributed by atoms with Crippen molar-refractivity contribution in [2.24, 2.45) is 0 Å². The summed E-state index contributed by atoms with van der Waals surface area (Å²) >= 11 is 0. The lowest BCUT2D eigenvalue weighted by Gasteiger charge is -2.23. The molecule has 0 saturated heterocycles. The van der Waals surface area contributed by atoms with Gasteiger partial charge in [-0.3, -0.25) is 4.90 Å². The number of likely N-dealkylation sites (N-methyl/N-ethyl adjacent to an activating group) is 1. The van der Waals surface area contributed by atoms with Crippen LogP contribution in [0.3, 0.4) is 0 Å². The number of nitrogens with zero attached hydrogens (tertiary/aromatic N) is 1. The van der Waals surface area contributed by atoms with E-state index in [1.165, 1.54) is 5.56 Å². The fourth-order valence-electron chi connectivity index (χ4n) is 3.19. The van der Waals surface area contributed by atoms with Crippen LogP contribution in [0.1, 0.15) is 29.9 Å². The summed E-state index contributed by atoms with van der Waals surface area (Å²) in [5, 5.41) is 3.53. The van der Waals surface area contributed by atoms with E-state index in [1.54, 1.807) is 13.4 Å². The molecule has 1 N–H and O–H groups in total. The molecule has 1 aromatic carbocycles. The van der Waals surface area contributed by atoms with Gasteiger partial charge in [0, 0.05) is 30.6 Å². The number of nitrogens with one attached hydrogen (secondary N) is 1. The Labute approximate surface area is 143 Å². The summed E-state index contributed by atoms with van der Waals surface area (Å²) in [7, 11) is 5.82. The van der Waals surface area contributed by atoms with Crippen LogP contribution in [0.15, 0.2) is 34.9 Å². The van der Waals surface area contributed by atoms with E-state index in [-0.39, 0.29) is 12.1 Å². The number of furan rings is 1. The van der Waals surface area contributed by atoms with E-state index >= 15 is 0 Å². The molecule has 2 atom stereocenters. The molecular formula is C19H26N2O3. The molecule has 5 nitrogen and oxygen atoms in total. The molecule has 3 rings (SSSR count). The predicted molar refractivity (Wildman–Crippen MR) is 93.6 cm³/mol. The molecule has 0 saturated carbocycles. The molecule has 0 spiro atoms. The first-order valence-electron chi connectivity index (χ1n) is 8.35. The van der Waals surface area contributed by atoms with Crippen LogP contribution < -0.4 is 14.8 Å². The van der Waals surface area contributed by atoms with Crippen LogP contribution in [0, 0.1) is 0 Å². The lowest BCUT2D eigenvalue weighted by molar-refractivity contribution is 0.245. The minimum atomic E-state index is 0.193. The Morgan fingerprint density at radius 1 is 1.38 bits per heavy atom. The zero-order valence-electron chi connectivity index (χ0n) is 14.8. The van der Waals surface area contributed by atoms with Crippen molar-refractivity contribution in [3.05, 3.63) is 47.4 Å². The van der Waals surface area contributed by atoms with E-state index in [4.69, 9.17) is 13.9 Å². The molecular weight excluding hydrogens is 304 g/mol. The molecule has 130 valence electrons. The number of hydrogen-bond donors (Lipinski definition) is 1. The van der Waals surface area contributed by atoms with Gasteiger partial charge in [0.1, 0.15) is 23.4 Å². The fraction of sp³-hybridized carbons (Fsp3) is 0.474. The Morgan fingerprint density at radius 3 is 2.88 bits per heavy atom. The summed E-state index contributed by atoms with van der Waals surface area (Å²) in [6.45, 7) is 3.63. The van der Waals surface area contributed by atoms with Gasteiger partial charge in [0.25, 0.3) is 0 Å². The lowest BCUT2D eigenvalue weighted by Crippen LogP contribution is -2.30. The van der Waals surface area contributed by atoms with Gasteiger partial charge in [0.05, 0.1) is 19.4 Å². The molecule has 0 aliphatic carbocycles.